The van der Waals surface area contributed by atoms with Gasteiger partial charge in [-0.3, -0.25) is 0 Å². The number of halogens is 1. The lowest BCUT2D eigenvalue weighted by molar-refractivity contribution is 0.210. The van der Waals surface area contributed by atoms with Crippen molar-refractivity contribution < 1.29 is 13.9 Å². The van der Waals surface area contributed by atoms with E-state index in [2.05, 4.69) is 16.9 Å². The van der Waals surface area contributed by atoms with Gasteiger partial charge in [-0.25, -0.2) is 14.4 Å². The lowest BCUT2D eigenvalue weighted by atomic mass is 10.1. The first-order valence-corrected chi connectivity index (χ1v) is 10.6. The molecule has 1 aromatic heterocycles. The Morgan fingerprint density at radius 2 is 1.37 bits per heavy atom. The van der Waals surface area contributed by atoms with Crippen LogP contribution in [-0.2, 0) is 0 Å². The van der Waals surface area contributed by atoms with Crippen molar-refractivity contribution in [2.75, 3.05) is 13.2 Å². The highest BCUT2D eigenvalue weighted by atomic mass is 19.1. The summed E-state index contributed by atoms with van der Waals surface area (Å²) in [7, 11) is 0. The Morgan fingerprint density at radius 1 is 0.767 bits per heavy atom. The maximum Gasteiger partial charge on any atom is 0.159 e. The van der Waals surface area contributed by atoms with Gasteiger partial charge in [0.05, 0.1) is 6.61 Å². The van der Waals surface area contributed by atoms with Crippen molar-refractivity contribution in [1.29, 1.82) is 0 Å². The average molecular weight is 409 g/mol. The largest absolute Gasteiger partial charge is 0.494 e. The van der Waals surface area contributed by atoms with E-state index in [1.807, 2.05) is 48.8 Å². The van der Waals surface area contributed by atoms with Crippen LogP contribution >= 0.6 is 0 Å². The number of hydrogen-bond donors (Lipinski definition) is 0. The number of alkyl halides is 1. The van der Waals surface area contributed by atoms with Crippen molar-refractivity contribution in [3.8, 4) is 34.0 Å². The van der Waals surface area contributed by atoms with E-state index in [9.17, 15) is 4.39 Å². The average Bonchev–Trinajstić information content (AvgIpc) is 2.78. The molecule has 0 fully saturated rings. The predicted octanol–water partition coefficient (Wildman–Crippen LogP) is 6.51. The lowest BCUT2D eigenvalue weighted by Crippen LogP contribution is -2.08. The molecule has 1 heterocycles. The van der Waals surface area contributed by atoms with Gasteiger partial charge in [-0.15, -0.1) is 0 Å². The Kier molecular flexibility index (Phi) is 8.19. The summed E-state index contributed by atoms with van der Waals surface area (Å²) in [6.45, 7) is 4.48. The summed E-state index contributed by atoms with van der Waals surface area (Å²) in [6.07, 6.45) is 7.43. The minimum atomic E-state index is -0.994. The molecule has 0 amide bonds. The summed E-state index contributed by atoms with van der Waals surface area (Å²) < 4.78 is 24.0. The predicted molar refractivity (Wildman–Crippen MR) is 119 cm³/mol. The highest BCUT2D eigenvalue weighted by Crippen LogP contribution is 2.24. The Hall–Kier alpha value is -2.95. The molecule has 0 N–H and O–H groups in total. The van der Waals surface area contributed by atoms with E-state index in [0.717, 1.165) is 35.5 Å². The standard InChI is InChI=1S/C25H29FN2O2/c1-3-4-5-6-15-29-23-11-7-20(8-12-23)22-16-27-25(28-17-22)21-9-13-24(14-10-21)30-18-19(2)26/h7-14,16-17,19H,3-6,15,18H2,1-2H3. The number of benzene rings is 2. The fourth-order valence-corrected chi connectivity index (χ4v) is 3.00. The maximum atomic E-state index is 12.9. The van der Waals surface area contributed by atoms with E-state index in [4.69, 9.17) is 9.47 Å². The summed E-state index contributed by atoms with van der Waals surface area (Å²) in [5, 5.41) is 0. The Morgan fingerprint density at radius 3 is 1.97 bits per heavy atom. The molecule has 0 aliphatic carbocycles. The van der Waals surface area contributed by atoms with Crippen LogP contribution in [0.5, 0.6) is 11.5 Å². The molecule has 0 aliphatic rings. The van der Waals surface area contributed by atoms with Gasteiger partial charge in [0, 0.05) is 23.5 Å². The molecule has 158 valence electrons. The molecule has 0 spiro atoms. The molecule has 0 aliphatic heterocycles. The lowest BCUT2D eigenvalue weighted by Gasteiger charge is -2.08. The zero-order chi connectivity index (χ0) is 21.2. The van der Waals surface area contributed by atoms with Crippen LogP contribution in [0, 0.1) is 0 Å². The second-order valence-corrected chi connectivity index (χ2v) is 7.34. The molecule has 2 aromatic carbocycles. The van der Waals surface area contributed by atoms with Crippen molar-refractivity contribution in [3.63, 3.8) is 0 Å². The quantitative estimate of drug-likeness (QED) is 0.339. The highest BCUT2D eigenvalue weighted by molar-refractivity contribution is 5.64. The van der Waals surface area contributed by atoms with Crippen molar-refractivity contribution in [2.24, 2.45) is 0 Å². The summed E-state index contributed by atoms with van der Waals surface area (Å²) >= 11 is 0. The van der Waals surface area contributed by atoms with E-state index in [1.165, 1.54) is 26.2 Å². The highest BCUT2D eigenvalue weighted by Gasteiger charge is 2.05. The van der Waals surface area contributed by atoms with Crippen LogP contribution < -0.4 is 9.47 Å². The summed E-state index contributed by atoms with van der Waals surface area (Å²) in [5.41, 5.74) is 2.88. The normalized spacial score (nSPS) is 11.8. The third kappa shape index (κ3) is 6.55. The second-order valence-electron chi connectivity index (χ2n) is 7.34. The molecule has 1 unspecified atom stereocenters. The van der Waals surface area contributed by atoms with Gasteiger partial charge in [0.25, 0.3) is 0 Å². The smallest absolute Gasteiger partial charge is 0.159 e. The van der Waals surface area contributed by atoms with Gasteiger partial charge in [0.1, 0.15) is 24.3 Å². The fourth-order valence-electron chi connectivity index (χ4n) is 3.00. The van der Waals surface area contributed by atoms with Crippen LogP contribution in [0.2, 0.25) is 0 Å². The van der Waals surface area contributed by atoms with Crippen LogP contribution in [0.25, 0.3) is 22.5 Å². The molecular weight excluding hydrogens is 379 g/mol. The number of rotatable bonds is 11. The van der Waals surface area contributed by atoms with Crippen molar-refractivity contribution in [3.05, 3.63) is 60.9 Å². The van der Waals surface area contributed by atoms with Crippen LogP contribution in [-0.4, -0.2) is 29.4 Å². The Balaban J connectivity index is 1.57. The SMILES string of the molecule is CCCCCCOc1ccc(-c2cnc(-c3ccc(OCC(C)F)cc3)nc2)cc1. The number of unbranched alkanes of at least 4 members (excludes halogenated alkanes) is 3. The van der Waals surface area contributed by atoms with E-state index in [-0.39, 0.29) is 6.61 Å². The van der Waals surface area contributed by atoms with Gasteiger partial charge in [-0.1, -0.05) is 38.3 Å². The van der Waals surface area contributed by atoms with E-state index < -0.39 is 6.17 Å². The minimum absolute atomic E-state index is 0.0488. The third-order valence-electron chi connectivity index (χ3n) is 4.70. The molecule has 3 aromatic rings. The van der Waals surface area contributed by atoms with Crippen LogP contribution in [0.3, 0.4) is 0 Å². The van der Waals surface area contributed by atoms with E-state index >= 15 is 0 Å². The topological polar surface area (TPSA) is 44.2 Å². The number of aromatic nitrogens is 2. The van der Waals surface area contributed by atoms with Crippen LogP contribution in [0.1, 0.15) is 39.5 Å². The molecule has 1 atom stereocenters. The molecule has 0 radical (unpaired) electrons. The maximum absolute atomic E-state index is 12.9. The Labute approximate surface area is 178 Å². The molecule has 0 saturated heterocycles. The van der Waals surface area contributed by atoms with Crippen molar-refractivity contribution >= 4 is 0 Å². The third-order valence-corrected chi connectivity index (χ3v) is 4.70. The summed E-state index contributed by atoms with van der Waals surface area (Å²) in [5.74, 6) is 2.15. The molecule has 0 saturated carbocycles. The van der Waals surface area contributed by atoms with Crippen LogP contribution in [0.15, 0.2) is 60.9 Å². The Bertz CT molecular complexity index is 879. The zero-order valence-electron chi connectivity index (χ0n) is 17.7. The molecular formula is C25H29FN2O2. The molecule has 30 heavy (non-hydrogen) atoms. The van der Waals surface area contributed by atoms with Crippen molar-refractivity contribution in [2.45, 2.75) is 45.7 Å². The molecule has 4 nitrogen and oxygen atoms in total. The first kappa shape index (κ1) is 21.8. The van der Waals surface area contributed by atoms with Gasteiger partial charge in [0.15, 0.2) is 5.82 Å². The molecule has 0 bridgehead atoms. The first-order chi connectivity index (χ1) is 14.7. The number of hydrogen-bond acceptors (Lipinski definition) is 4. The van der Waals surface area contributed by atoms with Crippen molar-refractivity contribution in [1.82, 2.24) is 9.97 Å². The van der Waals surface area contributed by atoms with Crippen LogP contribution in [0.4, 0.5) is 4.39 Å². The monoisotopic (exact) mass is 408 g/mol. The van der Waals surface area contributed by atoms with E-state index in [1.54, 1.807) is 12.1 Å². The minimum Gasteiger partial charge on any atom is -0.494 e. The van der Waals surface area contributed by atoms with Gasteiger partial charge < -0.3 is 9.47 Å². The zero-order valence-corrected chi connectivity index (χ0v) is 17.7. The first-order valence-electron chi connectivity index (χ1n) is 10.6. The molecule has 3 rings (SSSR count). The van der Waals surface area contributed by atoms with Gasteiger partial charge in [0.2, 0.25) is 0 Å². The summed E-state index contributed by atoms with van der Waals surface area (Å²) in [6, 6.07) is 15.4. The number of ether oxygens (including phenoxy) is 2. The van der Waals surface area contributed by atoms with Gasteiger partial charge in [-0.05, 0) is 55.3 Å². The van der Waals surface area contributed by atoms with Gasteiger partial charge in [-0.2, -0.15) is 0 Å². The van der Waals surface area contributed by atoms with E-state index in [0.29, 0.717) is 11.6 Å². The summed E-state index contributed by atoms with van der Waals surface area (Å²) in [4.78, 5) is 8.97. The fraction of sp³-hybridized carbons (Fsp3) is 0.360. The van der Waals surface area contributed by atoms with Gasteiger partial charge >= 0.3 is 0 Å². The second kappa shape index (κ2) is 11.3. The number of nitrogens with zero attached hydrogens (tertiary/aromatic N) is 2. The molecule has 5 heteroatoms.